The van der Waals surface area contributed by atoms with Crippen LogP contribution in [0.1, 0.15) is 49.9 Å². The lowest BCUT2D eigenvalue weighted by Crippen LogP contribution is -2.17. The maximum absolute atomic E-state index is 2.47. The van der Waals surface area contributed by atoms with E-state index >= 15 is 0 Å². The molecule has 2 aliphatic rings. The van der Waals surface area contributed by atoms with Crippen molar-refractivity contribution in [2.45, 2.75) is 38.5 Å². The van der Waals surface area contributed by atoms with Gasteiger partial charge in [0.25, 0.3) is 0 Å². The molecular formula is C62H47N. The first-order valence-corrected chi connectivity index (χ1v) is 22.3. The van der Waals surface area contributed by atoms with Crippen molar-refractivity contribution in [2.24, 2.45) is 0 Å². The van der Waals surface area contributed by atoms with E-state index in [0.717, 1.165) is 17.1 Å². The van der Waals surface area contributed by atoms with Gasteiger partial charge in [-0.3, -0.25) is 0 Å². The summed E-state index contributed by atoms with van der Waals surface area (Å²) in [6.07, 6.45) is 0. The van der Waals surface area contributed by atoms with Crippen molar-refractivity contribution in [1.29, 1.82) is 0 Å². The van der Waals surface area contributed by atoms with Crippen molar-refractivity contribution < 1.29 is 0 Å². The Bertz CT molecular complexity index is 3460. The molecule has 0 radical (unpaired) electrons. The second kappa shape index (κ2) is 14.0. The predicted molar refractivity (Wildman–Crippen MR) is 268 cm³/mol. The molecule has 0 bridgehead atoms. The minimum absolute atomic E-state index is 0.113. The summed E-state index contributed by atoms with van der Waals surface area (Å²) in [5.41, 5.74) is 21.4. The Balaban J connectivity index is 1.01. The zero-order valence-corrected chi connectivity index (χ0v) is 36.2. The molecular weight excluding hydrogens is 759 g/mol. The molecule has 63 heavy (non-hydrogen) atoms. The summed E-state index contributed by atoms with van der Waals surface area (Å²) in [5, 5.41) is 5.06. The number of hydrogen-bond acceptors (Lipinski definition) is 1. The number of para-hydroxylation sites is 1. The minimum atomic E-state index is -0.130. The Morgan fingerprint density at radius 1 is 0.302 bits per heavy atom. The summed E-state index contributed by atoms with van der Waals surface area (Å²) in [4.78, 5) is 2.47. The van der Waals surface area contributed by atoms with Crippen LogP contribution in [0, 0.1) is 0 Å². The van der Waals surface area contributed by atoms with E-state index in [2.05, 4.69) is 245 Å². The Kier molecular flexibility index (Phi) is 8.30. The van der Waals surface area contributed by atoms with Gasteiger partial charge in [0, 0.05) is 27.8 Å². The molecule has 0 N–H and O–H groups in total. The first-order valence-electron chi connectivity index (χ1n) is 22.3. The van der Waals surface area contributed by atoms with Gasteiger partial charge in [0.1, 0.15) is 0 Å². The SMILES string of the molecule is CC1(C)c2ccccc2-c2ccc(N(c3ccc(-c4ccccc4-c4cccc5c4C(C)(C)c4ccccc4-5)cc3)c3ccccc3-c3ccc4c(ccc5ccccc54)c3)cc21. The summed E-state index contributed by atoms with van der Waals surface area (Å²) < 4.78 is 0. The molecule has 10 aromatic carbocycles. The lowest BCUT2D eigenvalue weighted by molar-refractivity contribution is 0.660. The van der Waals surface area contributed by atoms with E-state index in [9.17, 15) is 0 Å². The Morgan fingerprint density at radius 2 is 0.825 bits per heavy atom. The van der Waals surface area contributed by atoms with Gasteiger partial charge >= 0.3 is 0 Å². The van der Waals surface area contributed by atoms with Crippen molar-refractivity contribution in [1.82, 2.24) is 0 Å². The summed E-state index contributed by atoms with van der Waals surface area (Å²) in [6.45, 7) is 9.49. The van der Waals surface area contributed by atoms with E-state index < -0.39 is 0 Å². The third kappa shape index (κ3) is 5.69. The Labute approximate surface area is 370 Å². The highest BCUT2D eigenvalue weighted by atomic mass is 15.1. The molecule has 0 aliphatic heterocycles. The van der Waals surface area contributed by atoms with Gasteiger partial charge in [0.15, 0.2) is 0 Å². The second-order valence-electron chi connectivity index (χ2n) is 18.5. The predicted octanol–water partition coefficient (Wildman–Crippen LogP) is 17.1. The molecule has 2 aliphatic carbocycles. The third-order valence-corrected chi connectivity index (χ3v) is 14.3. The van der Waals surface area contributed by atoms with Crippen LogP contribution >= 0.6 is 0 Å². The Hall–Kier alpha value is -7.48. The van der Waals surface area contributed by atoms with Crippen molar-refractivity contribution in [3.63, 3.8) is 0 Å². The highest BCUT2D eigenvalue weighted by Gasteiger charge is 2.38. The molecule has 0 fully saturated rings. The third-order valence-electron chi connectivity index (χ3n) is 14.3. The molecule has 0 unspecified atom stereocenters. The average Bonchev–Trinajstić information content (AvgIpc) is 3.71. The largest absolute Gasteiger partial charge is 0.310 e. The number of nitrogens with zero attached hydrogens (tertiary/aromatic N) is 1. The lowest BCUT2D eigenvalue weighted by atomic mass is 9.78. The van der Waals surface area contributed by atoms with Gasteiger partial charge in [-0.2, -0.15) is 0 Å². The number of benzene rings is 10. The number of anilines is 3. The molecule has 1 heteroatoms. The van der Waals surface area contributed by atoms with E-state index in [4.69, 9.17) is 0 Å². The fraction of sp³-hybridized carbons (Fsp3) is 0.0968. The summed E-state index contributed by atoms with van der Waals surface area (Å²) in [5.74, 6) is 0. The average molecular weight is 806 g/mol. The van der Waals surface area contributed by atoms with Crippen LogP contribution in [0.3, 0.4) is 0 Å². The zero-order chi connectivity index (χ0) is 42.5. The van der Waals surface area contributed by atoms with Crippen LogP contribution in [0.5, 0.6) is 0 Å². The molecule has 10 aromatic rings. The van der Waals surface area contributed by atoms with Crippen LogP contribution in [0.15, 0.2) is 212 Å². The van der Waals surface area contributed by atoms with Crippen molar-refractivity contribution >= 4 is 38.6 Å². The van der Waals surface area contributed by atoms with Gasteiger partial charge in [0.2, 0.25) is 0 Å². The van der Waals surface area contributed by atoms with Crippen molar-refractivity contribution in [3.05, 3.63) is 235 Å². The topological polar surface area (TPSA) is 3.24 Å². The molecule has 0 saturated heterocycles. The van der Waals surface area contributed by atoms with Crippen LogP contribution in [0.25, 0.3) is 77.2 Å². The van der Waals surface area contributed by atoms with Crippen LogP contribution in [0.2, 0.25) is 0 Å². The standard InChI is InChI=1S/C62H47N/c1-61(2)56-25-12-9-21-51(56)53-37-35-45(39-58(53)61)63(59-27-14-11-19-49(59)43-32-36-48-42(38-43)29-28-40-16-5-6-17-46(40)48)44-33-30-41(31-34-44)47-18-7-8-20-50(47)54-23-15-24-55-52-22-10-13-26-57(52)62(3,4)60(54)55/h5-39H,1-4H3. The van der Waals surface area contributed by atoms with E-state index in [1.807, 2.05) is 0 Å². The molecule has 0 spiro atoms. The van der Waals surface area contributed by atoms with E-state index in [-0.39, 0.29) is 10.8 Å². The van der Waals surface area contributed by atoms with E-state index in [0.29, 0.717) is 0 Å². The maximum atomic E-state index is 2.47. The first-order chi connectivity index (χ1) is 30.8. The number of fused-ring (bicyclic) bond motifs is 9. The highest BCUT2D eigenvalue weighted by Crippen LogP contribution is 2.54. The zero-order valence-electron chi connectivity index (χ0n) is 36.2. The number of hydrogen-bond donors (Lipinski definition) is 0. The van der Waals surface area contributed by atoms with Crippen LogP contribution < -0.4 is 4.90 Å². The van der Waals surface area contributed by atoms with E-state index in [1.54, 1.807) is 0 Å². The van der Waals surface area contributed by atoms with Gasteiger partial charge in [-0.25, -0.2) is 0 Å². The smallest absolute Gasteiger partial charge is 0.0540 e. The van der Waals surface area contributed by atoms with Crippen LogP contribution in [-0.2, 0) is 10.8 Å². The quantitative estimate of drug-likeness (QED) is 0.151. The highest BCUT2D eigenvalue weighted by molar-refractivity contribution is 6.09. The molecule has 1 nitrogen and oxygen atoms in total. The minimum Gasteiger partial charge on any atom is -0.310 e. The molecule has 0 heterocycles. The van der Waals surface area contributed by atoms with Crippen molar-refractivity contribution in [3.8, 4) is 55.6 Å². The molecule has 0 atom stereocenters. The molecule has 0 aromatic heterocycles. The first kappa shape index (κ1) is 37.3. The van der Waals surface area contributed by atoms with Crippen LogP contribution in [-0.4, -0.2) is 0 Å². The molecule has 0 amide bonds. The molecule has 300 valence electrons. The van der Waals surface area contributed by atoms with Crippen molar-refractivity contribution in [2.75, 3.05) is 4.90 Å². The fourth-order valence-corrected chi connectivity index (χ4v) is 11.2. The summed E-state index contributed by atoms with van der Waals surface area (Å²) in [6, 6.07) is 79.1. The lowest BCUT2D eigenvalue weighted by Gasteiger charge is -2.30. The normalized spacial score (nSPS) is 14.0. The Morgan fingerprint density at radius 3 is 1.60 bits per heavy atom. The summed E-state index contributed by atoms with van der Waals surface area (Å²) in [7, 11) is 0. The fourth-order valence-electron chi connectivity index (χ4n) is 11.2. The van der Waals surface area contributed by atoms with Gasteiger partial charge < -0.3 is 4.90 Å². The maximum Gasteiger partial charge on any atom is 0.0540 e. The molecule has 0 saturated carbocycles. The number of rotatable bonds is 6. The van der Waals surface area contributed by atoms with E-state index in [1.165, 1.54) is 99.4 Å². The van der Waals surface area contributed by atoms with Gasteiger partial charge in [-0.1, -0.05) is 204 Å². The van der Waals surface area contributed by atoms with Gasteiger partial charge in [0.05, 0.1) is 5.69 Å². The monoisotopic (exact) mass is 805 g/mol. The second-order valence-corrected chi connectivity index (χ2v) is 18.5. The summed E-state index contributed by atoms with van der Waals surface area (Å²) >= 11 is 0. The van der Waals surface area contributed by atoms with Crippen LogP contribution in [0.4, 0.5) is 17.1 Å². The van der Waals surface area contributed by atoms with Gasteiger partial charge in [-0.05, 0) is 130 Å². The van der Waals surface area contributed by atoms with Gasteiger partial charge in [-0.15, -0.1) is 0 Å². The molecule has 12 rings (SSSR count).